The number of H-pyrrole nitrogens is 1. The predicted octanol–water partition coefficient (Wildman–Crippen LogP) is 3.81. The lowest BCUT2D eigenvalue weighted by atomic mass is 10.1. The molecule has 2 N–H and O–H groups in total. The third kappa shape index (κ3) is 3.64. The average Bonchev–Trinajstić information content (AvgIpc) is 2.99. The molecule has 6 nitrogen and oxygen atoms in total. The SMILES string of the molecule is Cc1[nH]c(N2CCOCC2)c(C)c1-c1ccnc(Nc2ccc(F)cc2)n1. The Morgan fingerprint density at radius 3 is 2.59 bits per heavy atom. The standard InChI is InChI=1S/C20H22FN5O/c1-13-18(14(2)23-19(13)26-9-11-27-12-10-26)17-7-8-22-20(25-17)24-16-5-3-15(21)4-6-16/h3-8,23H,9-12H2,1-2H3,(H,22,24,25). The summed E-state index contributed by atoms with van der Waals surface area (Å²) in [5.41, 5.74) is 4.91. The van der Waals surface area contributed by atoms with E-state index in [0.29, 0.717) is 5.95 Å². The van der Waals surface area contributed by atoms with Crippen LogP contribution in [0.5, 0.6) is 0 Å². The van der Waals surface area contributed by atoms with E-state index in [2.05, 4.69) is 39.0 Å². The highest BCUT2D eigenvalue weighted by Gasteiger charge is 2.20. The molecule has 0 atom stereocenters. The van der Waals surface area contributed by atoms with Gasteiger partial charge in [-0.2, -0.15) is 0 Å². The van der Waals surface area contributed by atoms with Crippen molar-refractivity contribution in [3.05, 3.63) is 53.6 Å². The van der Waals surface area contributed by atoms with Crippen LogP contribution in [0.1, 0.15) is 11.3 Å². The van der Waals surface area contributed by atoms with Crippen molar-refractivity contribution in [1.29, 1.82) is 0 Å². The predicted molar refractivity (Wildman–Crippen MR) is 104 cm³/mol. The van der Waals surface area contributed by atoms with Crippen LogP contribution in [0.4, 0.5) is 21.8 Å². The molecule has 3 heterocycles. The van der Waals surface area contributed by atoms with Crippen LogP contribution in [0.2, 0.25) is 0 Å². The van der Waals surface area contributed by atoms with E-state index in [4.69, 9.17) is 4.74 Å². The van der Waals surface area contributed by atoms with Crippen LogP contribution < -0.4 is 10.2 Å². The Balaban J connectivity index is 1.63. The summed E-state index contributed by atoms with van der Waals surface area (Å²) in [4.78, 5) is 14.8. The second-order valence-corrected chi connectivity index (χ2v) is 6.60. The molecule has 1 aromatic carbocycles. The molecule has 1 aliphatic rings. The van der Waals surface area contributed by atoms with E-state index in [1.54, 1.807) is 18.3 Å². The lowest BCUT2D eigenvalue weighted by Crippen LogP contribution is -2.36. The van der Waals surface area contributed by atoms with Crippen LogP contribution in [-0.4, -0.2) is 41.3 Å². The maximum Gasteiger partial charge on any atom is 0.227 e. The largest absolute Gasteiger partial charge is 0.378 e. The van der Waals surface area contributed by atoms with Gasteiger partial charge >= 0.3 is 0 Å². The molecule has 0 spiro atoms. The summed E-state index contributed by atoms with van der Waals surface area (Å²) in [5.74, 6) is 1.33. The van der Waals surface area contributed by atoms with E-state index in [-0.39, 0.29) is 5.82 Å². The number of anilines is 3. The monoisotopic (exact) mass is 367 g/mol. The number of aryl methyl sites for hydroxylation is 1. The molecule has 140 valence electrons. The summed E-state index contributed by atoms with van der Waals surface area (Å²) in [7, 11) is 0. The van der Waals surface area contributed by atoms with Gasteiger partial charge in [0.1, 0.15) is 11.6 Å². The Morgan fingerprint density at radius 2 is 1.85 bits per heavy atom. The van der Waals surface area contributed by atoms with Crippen molar-refractivity contribution in [3.8, 4) is 11.3 Å². The molecule has 1 aliphatic heterocycles. The molecule has 1 fully saturated rings. The zero-order chi connectivity index (χ0) is 18.8. The van der Waals surface area contributed by atoms with Gasteiger partial charge in [0, 0.05) is 41.8 Å². The fourth-order valence-corrected chi connectivity index (χ4v) is 3.44. The minimum Gasteiger partial charge on any atom is -0.378 e. The van der Waals surface area contributed by atoms with Gasteiger partial charge in [0.15, 0.2) is 0 Å². The van der Waals surface area contributed by atoms with Crippen LogP contribution in [0.15, 0.2) is 36.5 Å². The van der Waals surface area contributed by atoms with Crippen molar-refractivity contribution in [2.45, 2.75) is 13.8 Å². The number of benzene rings is 1. The third-order valence-electron chi connectivity index (χ3n) is 4.75. The maximum atomic E-state index is 13.1. The van der Waals surface area contributed by atoms with E-state index in [1.165, 1.54) is 17.7 Å². The Kier molecular flexibility index (Phi) is 4.77. The first-order chi connectivity index (χ1) is 13.1. The topological polar surface area (TPSA) is 66.1 Å². The molecule has 0 saturated carbocycles. The molecule has 0 radical (unpaired) electrons. The first kappa shape index (κ1) is 17.5. The van der Waals surface area contributed by atoms with E-state index >= 15 is 0 Å². The summed E-state index contributed by atoms with van der Waals surface area (Å²) < 4.78 is 18.5. The summed E-state index contributed by atoms with van der Waals surface area (Å²) in [6.07, 6.45) is 1.73. The first-order valence-electron chi connectivity index (χ1n) is 8.99. The van der Waals surface area contributed by atoms with Crippen molar-refractivity contribution in [1.82, 2.24) is 15.0 Å². The molecule has 0 amide bonds. The maximum absolute atomic E-state index is 13.1. The molecule has 1 saturated heterocycles. The van der Waals surface area contributed by atoms with Crippen molar-refractivity contribution >= 4 is 17.5 Å². The molecule has 27 heavy (non-hydrogen) atoms. The van der Waals surface area contributed by atoms with Gasteiger partial charge in [0.2, 0.25) is 5.95 Å². The summed E-state index contributed by atoms with van der Waals surface area (Å²) in [5, 5.41) is 3.12. The number of rotatable bonds is 4. The van der Waals surface area contributed by atoms with Crippen LogP contribution in [0, 0.1) is 19.7 Å². The number of hydrogen-bond acceptors (Lipinski definition) is 5. The van der Waals surface area contributed by atoms with Gasteiger partial charge in [-0.3, -0.25) is 0 Å². The molecule has 7 heteroatoms. The average molecular weight is 367 g/mol. The number of ether oxygens (including phenoxy) is 1. The van der Waals surface area contributed by atoms with Gasteiger partial charge in [0.05, 0.1) is 18.9 Å². The van der Waals surface area contributed by atoms with Crippen molar-refractivity contribution in [2.75, 3.05) is 36.5 Å². The number of aromatic nitrogens is 3. The zero-order valence-electron chi connectivity index (χ0n) is 15.4. The molecule has 0 bridgehead atoms. The number of nitrogens with one attached hydrogen (secondary N) is 2. The summed E-state index contributed by atoms with van der Waals surface area (Å²) >= 11 is 0. The molecule has 4 rings (SSSR count). The molecule has 0 unspecified atom stereocenters. The van der Waals surface area contributed by atoms with Gasteiger partial charge < -0.3 is 19.9 Å². The fourth-order valence-electron chi connectivity index (χ4n) is 3.44. The normalized spacial score (nSPS) is 14.4. The van der Waals surface area contributed by atoms with Crippen LogP contribution in [0.25, 0.3) is 11.3 Å². The third-order valence-corrected chi connectivity index (χ3v) is 4.75. The van der Waals surface area contributed by atoms with Gasteiger partial charge in [0.25, 0.3) is 0 Å². The number of halogens is 1. The van der Waals surface area contributed by atoms with Crippen LogP contribution >= 0.6 is 0 Å². The zero-order valence-corrected chi connectivity index (χ0v) is 15.4. The number of morpholine rings is 1. The lowest BCUT2D eigenvalue weighted by Gasteiger charge is -2.28. The quantitative estimate of drug-likeness (QED) is 0.734. The van der Waals surface area contributed by atoms with Crippen LogP contribution in [-0.2, 0) is 4.74 Å². The minimum absolute atomic E-state index is 0.274. The Bertz CT molecular complexity index is 932. The first-order valence-corrected chi connectivity index (χ1v) is 8.99. The van der Waals surface area contributed by atoms with Gasteiger partial charge in [-0.15, -0.1) is 0 Å². The highest BCUT2D eigenvalue weighted by molar-refractivity contribution is 5.74. The number of nitrogens with zero attached hydrogens (tertiary/aromatic N) is 3. The lowest BCUT2D eigenvalue weighted by molar-refractivity contribution is 0.122. The van der Waals surface area contributed by atoms with E-state index in [0.717, 1.165) is 54.8 Å². The number of aromatic amines is 1. The minimum atomic E-state index is -0.274. The second-order valence-electron chi connectivity index (χ2n) is 6.60. The molecule has 0 aliphatic carbocycles. The van der Waals surface area contributed by atoms with Crippen molar-refractivity contribution in [2.24, 2.45) is 0 Å². The summed E-state index contributed by atoms with van der Waals surface area (Å²) in [6.45, 7) is 7.40. The highest BCUT2D eigenvalue weighted by atomic mass is 19.1. The highest BCUT2D eigenvalue weighted by Crippen LogP contribution is 2.33. The van der Waals surface area contributed by atoms with Crippen molar-refractivity contribution in [3.63, 3.8) is 0 Å². The summed E-state index contributed by atoms with van der Waals surface area (Å²) in [6, 6.07) is 8.04. The molecule has 2 aromatic heterocycles. The van der Waals surface area contributed by atoms with E-state index < -0.39 is 0 Å². The Labute approximate surface area is 157 Å². The van der Waals surface area contributed by atoms with E-state index in [1.807, 2.05) is 6.07 Å². The number of hydrogen-bond donors (Lipinski definition) is 2. The Hall–Kier alpha value is -2.93. The van der Waals surface area contributed by atoms with Crippen LogP contribution in [0.3, 0.4) is 0 Å². The van der Waals surface area contributed by atoms with Gasteiger partial charge in [-0.05, 0) is 44.2 Å². The van der Waals surface area contributed by atoms with E-state index in [9.17, 15) is 4.39 Å². The molecular formula is C20H22FN5O. The second kappa shape index (κ2) is 7.36. The Morgan fingerprint density at radius 1 is 1.11 bits per heavy atom. The van der Waals surface area contributed by atoms with Gasteiger partial charge in [-0.1, -0.05) is 0 Å². The smallest absolute Gasteiger partial charge is 0.227 e. The molecule has 3 aromatic rings. The molecular weight excluding hydrogens is 345 g/mol. The fraction of sp³-hybridized carbons (Fsp3) is 0.300. The van der Waals surface area contributed by atoms with Gasteiger partial charge in [-0.25, -0.2) is 14.4 Å². The van der Waals surface area contributed by atoms with Crippen molar-refractivity contribution < 1.29 is 9.13 Å².